The van der Waals surface area contributed by atoms with E-state index in [-0.39, 0.29) is 18.2 Å². The fourth-order valence-electron chi connectivity index (χ4n) is 3.88. The van der Waals surface area contributed by atoms with Gasteiger partial charge in [-0.3, -0.25) is 0 Å². The van der Waals surface area contributed by atoms with Gasteiger partial charge in [-0.1, -0.05) is 19.9 Å². The van der Waals surface area contributed by atoms with Crippen LogP contribution < -0.4 is 0 Å². The van der Waals surface area contributed by atoms with Gasteiger partial charge in [-0.2, -0.15) is 0 Å². The van der Waals surface area contributed by atoms with Crippen molar-refractivity contribution in [3.63, 3.8) is 0 Å². The molecule has 0 heterocycles. The van der Waals surface area contributed by atoms with Crippen molar-refractivity contribution in [1.82, 2.24) is 4.90 Å². The molecule has 114 valence electrons. The van der Waals surface area contributed by atoms with Gasteiger partial charge < -0.3 is 9.64 Å². The molecule has 0 unspecified atom stereocenters. The second-order valence-corrected chi connectivity index (χ2v) is 7.47. The summed E-state index contributed by atoms with van der Waals surface area (Å²) in [5.74, 6) is 1.44. The molecule has 1 saturated carbocycles. The molecule has 0 aromatic heterocycles. The van der Waals surface area contributed by atoms with Gasteiger partial charge in [0.15, 0.2) is 0 Å². The summed E-state index contributed by atoms with van der Waals surface area (Å²) in [6, 6.07) is 0.347. The Morgan fingerprint density at radius 1 is 1.35 bits per heavy atom. The van der Waals surface area contributed by atoms with Crippen LogP contribution in [0.2, 0.25) is 0 Å². The maximum atomic E-state index is 12.2. The molecule has 3 aliphatic rings. The number of hydrogen-bond acceptors (Lipinski definition) is 2. The van der Waals surface area contributed by atoms with Crippen molar-refractivity contribution in [3.05, 3.63) is 11.6 Å². The number of ether oxygens (including phenoxy) is 1. The van der Waals surface area contributed by atoms with E-state index in [0.29, 0.717) is 17.9 Å². The smallest absolute Gasteiger partial charge is 0.410 e. The average Bonchev–Trinajstić information content (AvgIpc) is 2.35. The van der Waals surface area contributed by atoms with E-state index in [1.54, 1.807) is 4.90 Å². The molecule has 1 amide bonds. The van der Waals surface area contributed by atoms with Gasteiger partial charge in [0, 0.05) is 12.1 Å². The van der Waals surface area contributed by atoms with Crippen LogP contribution in [0.5, 0.6) is 0 Å². The van der Waals surface area contributed by atoms with Crippen LogP contribution in [-0.4, -0.2) is 29.7 Å². The molecule has 0 aromatic rings. The molecule has 0 aliphatic heterocycles. The lowest BCUT2D eigenvalue weighted by Crippen LogP contribution is -2.49. The summed E-state index contributed by atoms with van der Waals surface area (Å²) in [5.41, 5.74) is 1.73. The molecule has 3 aliphatic carbocycles. The monoisotopic (exact) mass is 279 g/mol. The van der Waals surface area contributed by atoms with E-state index in [2.05, 4.69) is 19.9 Å². The fourth-order valence-corrected chi connectivity index (χ4v) is 3.88. The highest BCUT2D eigenvalue weighted by molar-refractivity contribution is 5.68. The highest BCUT2D eigenvalue weighted by Crippen LogP contribution is 2.59. The molecule has 0 radical (unpaired) electrons. The van der Waals surface area contributed by atoms with Crippen LogP contribution in [0.4, 0.5) is 4.79 Å². The fraction of sp³-hybridized carbons (Fsp3) is 0.824. The van der Waals surface area contributed by atoms with Gasteiger partial charge in [-0.15, -0.1) is 0 Å². The van der Waals surface area contributed by atoms with Gasteiger partial charge in [0.05, 0.1) is 0 Å². The van der Waals surface area contributed by atoms with E-state index in [9.17, 15) is 4.79 Å². The number of nitrogens with zero attached hydrogens (tertiary/aromatic N) is 1. The average molecular weight is 279 g/mol. The van der Waals surface area contributed by atoms with Crippen molar-refractivity contribution < 1.29 is 9.53 Å². The zero-order valence-corrected chi connectivity index (χ0v) is 13.8. The lowest BCUT2D eigenvalue weighted by Gasteiger charge is -2.56. The molecule has 0 N–H and O–H groups in total. The van der Waals surface area contributed by atoms with Crippen LogP contribution in [0, 0.1) is 17.3 Å². The SMILES string of the molecule is CC(C)N(C(=O)OCC1=CC[C@H]2C[C@@H]1C2(C)C)C(C)C. The van der Waals surface area contributed by atoms with E-state index < -0.39 is 0 Å². The lowest BCUT2D eigenvalue weighted by atomic mass is 9.49. The van der Waals surface area contributed by atoms with Crippen LogP contribution >= 0.6 is 0 Å². The largest absolute Gasteiger partial charge is 0.445 e. The van der Waals surface area contributed by atoms with Gasteiger partial charge in [-0.05, 0) is 63.4 Å². The van der Waals surface area contributed by atoms with Crippen LogP contribution in [0.3, 0.4) is 0 Å². The minimum Gasteiger partial charge on any atom is -0.445 e. The number of carbonyl (C=O) groups excluding carboxylic acids is 1. The molecular formula is C17H29NO2. The number of fused-ring (bicyclic) bond motifs is 1. The Hall–Kier alpha value is -0.990. The van der Waals surface area contributed by atoms with Crippen molar-refractivity contribution in [3.8, 4) is 0 Å². The van der Waals surface area contributed by atoms with Crippen molar-refractivity contribution in [2.24, 2.45) is 17.3 Å². The second kappa shape index (κ2) is 5.42. The van der Waals surface area contributed by atoms with Crippen LogP contribution in [0.1, 0.15) is 54.4 Å². The van der Waals surface area contributed by atoms with Gasteiger partial charge in [0.25, 0.3) is 0 Å². The molecule has 1 fully saturated rings. The van der Waals surface area contributed by atoms with Gasteiger partial charge in [0.1, 0.15) is 6.61 Å². The number of carbonyl (C=O) groups is 1. The van der Waals surface area contributed by atoms with E-state index in [4.69, 9.17) is 4.74 Å². The van der Waals surface area contributed by atoms with Gasteiger partial charge in [-0.25, -0.2) is 4.79 Å². The summed E-state index contributed by atoms with van der Waals surface area (Å²) < 4.78 is 5.57. The quantitative estimate of drug-likeness (QED) is 0.721. The predicted octanol–water partition coefficient (Wildman–Crippen LogP) is 4.23. The first-order chi connectivity index (χ1) is 9.25. The lowest BCUT2D eigenvalue weighted by molar-refractivity contribution is -0.0155. The van der Waals surface area contributed by atoms with E-state index in [0.717, 1.165) is 12.3 Å². The molecule has 2 atom stereocenters. The summed E-state index contributed by atoms with van der Waals surface area (Å²) in [4.78, 5) is 14.0. The number of amides is 1. The minimum absolute atomic E-state index is 0.173. The Kier molecular flexibility index (Phi) is 4.17. The van der Waals surface area contributed by atoms with E-state index in [1.165, 1.54) is 12.0 Å². The molecular weight excluding hydrogens is 250 g/mol. The third-order valence-corrected chi connectivity index (χ3v) is 5.27. The molecule has 2 bridgehead atoms. The zero-order valence-electron chi connectivity index (χ0n) is 13.8. The first-order valence-corrected chi connectivity index (χ1v) is 7.89. The Morgan fingerprint density at radius 2 is 1.95 bits per heavy atom. The zero-order chi connectivity index (χ0) is 15.1. The Labute approximate surface area is 123 Å². The highest BCUT2D eigenvalue weighted by Gasteiger charge is 2.51. The minimum atomic E-state index is -0.185. The third kappa shape index (κ3) is 2.59. The molecule has 0 spiro atoms. The van der Waals surface area contributed by atoms with E-state index in [1.807, 2.05) is 27.7 Å². The summed E-state index contributed by atoms with van der Waals surface area (Å²) in [6.45, 7) is 13.3. The summed E-state index contributed by atoms with van der Waals surface area (Å²) in [6.07, 6.45) is 4.53. The maximum absolute atomic E-state index is 12.2. The molecule has 0 aromatic carbocycles. The molecule has 3 rings (SSSR count). The first-order valence-electron chi connectivity index (χ1n) is 7.89. The van der Waals surface area contributed by atoms with Crippen molar-refractivity contribution in [1.29, 1.82) is 0 Å². The number of hydrogen-bond donors (Lipinski definition) is 0. The van der Waals surface area contributed by atoms with E-state index >= 15 is 0 Å². The predicted molar refractivity (Wildman–Crippen MR) is 81.5 cm³/mol. The highest BCUT2D eigenvalue weighted by atomic mass is 16.6. The van der Waals surface area contributed by atoms with Crippen LogP contribution in [-0.2, 0) is 4.74 Å². The second-order valence-electron chi connectivity index (χ2n) is 7.47. The maximum Gasteiger partial charge on any atom is 0.410 e. The summed E-state index contributed by atoms with van der Waals surface area (Å²) >= 11 is 0. The van der Waals surface area contributed by atoms with Crippen LogP contribution in [0.25, 0.3) is 0 Å². The standard InChI is InChI=1S/C17H29NO2/c1-11(2)18(12(3)4)16(19)20-10-13-7-8-14-9-15(13)17(14,5)6/h7,11-12,14-15H,8-10H2,1-6H3/t14-,15-/m0/s1. The van der Waals surface area contributed by atoms with Crippen molar-refractivity contribution >= 4 is 6.09 Å². The molecule has 3 nitrogen and oxygen atoms in total. The summed E-state index contributed by atoms with van der Waals surface area (Å²) in [7, 11) is 0. The third-order valence-electron chi connectivity index (χ3n) is 5.27. The van der Waals surface area contributed by atoms with Crippen molar-refractivity contribution in [2.45, 2.75) is 66.5 Å². The topological polar surface area (TPSA) is 29.5 Å². The molecule has 0 saturated heterocycles. The molecule has 3 heteroatoms. The summed E-state index contributed by atoms with van der Waals surface area (Å²) in [5, 5.41) is 0. The van der Waals surface area contributed by atoms with Crippen LogP contribution in [0.15, 0.2) is 11.6 Å². The molecule has 20 heavy (non-hydrogen) atoms. The Balaban J connectivity index is 1.93. The Morgan fingerprint density at radius 3 is 2.40 bits per heavy atom. The van der Waals surface area contributed by atoms with Crippen molar-refractivity contribution in [2.75, 3.05) is 6.61 Å². The number of allylic oxidation sites excluding steroid dienone is 1. The Bertz CT molecular complexity index is 401. The first kappa shape index (κ1) is 15.4. The normalized spacial score (nSPS) is 27.1. The number of rotatable bonds is 4. The van der Waals surface area contributed by atoms with Gasteiger partial charge >= 0.3 is 6.09 Å². The van der Waals surface area contributed by atoms with Gasteiger partial charge in [0.2, 0.25) is 0 Å².